The lowest BCUT2D eigenvalue weighted by atomic mass is 9.92. The summed E-state index contributed by atoms with van der Waals surface area (Å²) >= 11 is 0. The summed E-state index contributed by atoms with van der Waals surface area (Å²) in [7, 11) is 0. The standard InChI is InChI=1S/C26H14F12N4/c27-21(28)19(39-41(17-10-3-1-4-11-17)23(21,31)25(33,34)35)15-8-7-9-16(14-15)20-22(29,30)24(32,26(36,37)38)42(40-20)18-12-5-2-6-13-18/h1-14H. The summed E-state index contributed by atoms with van der Waals surface area (Å²) in [5.74, 6) is -21.8. The first kappa shape index (κ1) is 29.3. The van der Waals surface area contributed by atoms with Gasteiger partial charge >= 0.3 is 35.8 Å². The molecule has 2 unspecified atom stereocenters. The van der Waals surface area contributed by atoms with E-state index in [-0.39, 0.29) is 0 Å². The number of para-hydroxylation sites is 2. The lowest BCUT2D eigenvalue weighted by molar-refractivity contribution is -0.278. The van der Waals surface area contributed by atoms with Gasteiger partial charge in [-0.15, -0.1) is 0 Å². The number of hydrogen-bond acceptors (Lipinski definition) is 4. The average molecular weight is 610 g/mol. The van der Waals surface area contributed by atoms with Gasteiger partial charge in [-0.05, 0) is 30.3 Å². The maximum absolute atomic E-state index is 15.5. The first-order valence-corrected chi connectivity index (χ1v) is 11.7. The minimum absolute atomic E-state index is 0.302. The second-order valence-corrected chi connectivity index (χ2v) is 9.16. The first-order valence-electron chi connectivity index (χ1n) is 11.7. The fourth-order valence-corrected chi connectivity index (χ4v) is 4.54. The molecule has 0 saturated carbocycles. The third-order valence-electron chi connectivity index (χ3n) is 6.57. The Balaban J connectivity index is 1.67. The molecule has 0 bridgehead atoms. The van der Waals surface area contributed by atoms with E-state index in [9.17, 15) is 26.3 Å². The van der Waals surface area contributed by atoms with Gasteiger partial charge in [0, 0.05) is 11.1 Å². The highest BCUT2D eigenvalue weighted by Gasteiger charge is 2.81. The van der Waals surface area contributed by atoms with Crippen molar-refractivity contribution >= 4 is 22.8 Å². The topological polar surface area (TPSA) is 31.2 Å². The Kier molecular flexibility index (Phi) is 6.36. The van der Waals surface area contributed by atoms with E-state index in [1.807, 2.05) is 0 Å². The molecular formula is C26H14F12N4. The Labute approximate surface area is 228 Å². The number of hydrazone groups is 2. The van der Waals surface area contributed by atoms with Crippen molar-refractivity contribution in [3.05, 3.63) is 96.1 Å². The Morgan fingerprint density at radius 3 is 1.12 bits per heavy atom. The van der Waals surface area contributed by atoms with Crippen molar-refractivity contribution in [2.45, 2.75) is 35.8 Å². The van der Waals surface area contributed by atoms with Crippen molar-refractivity contribution < 1.29 is 52.7 Å². The SMILES string of the molecule is FC(F)(F)C1(F)N(c2ccccc2)N=C(c2cccc(C3=NN(c4ccccc4)C(F)(C(F)(F)F)C3(F)F)c2)C1(F)F. The third kappa shape index (κ3) is 3.86. The van der Waals surface area contributed by atoms with E-state index in [2.05, 4.69) is 10.2 Å². The summed E-state index contributed by atoms with van der Waals surface area (Å²) in [5, 5.41) is 5.06. The molecule has 16 heteroatoms. The molecule has 5 rings (SSSR count). The number of nitrogens with zero attached hydrogens (tertiary/aromatic N) is 4. The van der Waals surface area contributed by atoms with E-state index >= 15 is 26.3 Å². The molecule has 0 fully saturated rings. The number of hydrogen-bond donors (Lipinski definition) is 0. The number of rotatable bonds is 4. The Hall–Kier alpha value is -4.24. The predicted molar refractivity (Wildman–Crippen MR) is 127 cm³/mol. The van der Waals surface area contributed by atoms with Crippen LogP contribution >= 0.6 is 0 Å². The van der Waals surface area contributed by atoms with E-state index in [1.165, 1.54) is 12.1 Å². The van der Waals surface area contributed by atoms with Gasteiger partial charge in [0.05, 0.1) is 11.4 Å². The van der Waals surface area contributed by atoms with Crippen LogP contribution in [0.4, 0.5) is 64.1 Å². The summed E-state index contributed by atoms with van der Waals surface area (Å²) in [5.41, 5.74) is -7.40. The monoisotopic (exact) mass is 610 g/mol. The molecule has 2 aliphatic rings. The Morgan fingerprint density at radius 1 is 0.476 bits per heavy atom. The van der Waals surface area contributed by atoms with E-state index < -0.39 is 79.7 Å². The van der Waals surface area contributed by atoms with Crippen molar-refractivity contribution in [1.29, 1.82) is 0 Å². The molecule has 42 heavy (non-hydrogen) atoms. The molecule has 3 aromatic carbocycles. The van der Waals surface area contributed by atoms with Crippen molar-refractivity contribution in [1.82, 2.24) is 0 Å². The molecule has 3 aromatic rings. The van der Waals surface area contributed by atoms with E-state index in [0.29, 0.717) is 24.3 Å². The molecule has 0 N–H and O–H groups in total. The van der Waals surface area contributed by atoms with Crippen LogP contribution in [0.2, 0.25) is 0 Å². The van der Waals surface area contributed by atoms with E-state index in [0.717, 1.165) is 48.5 Å². The molecule has 2 heterocycles. The second kappa shape index (κ2) is 9.13. The summed E-state index contributed by atoms with van der Waals surface area (Å²) in [6.07, 6.45) is -12.5. The van der Waals surface area contributed by atoms with Crippen molar-refractivity contribution in [3.63, 3.8) is 0 Å². The minimum atomic E-state index is -6.26. The Bertz CT molecular complexity index is 1440. The van der Waals surface area contributed by atoms with Gasteiger partial charge in [0.2, 0.25) is 0 Å². The van der Waals surface area contributed by atoms with Crippen LogP contribution < -0.4 is 10.0 Å². The number of benzene rings is 3. The van der Waals surface area contributed by atoms with Crippen LogP contribution in [0.3, 0.4) is 0 Å². The molecule has 0 aromatic heterocycles. The molecular weight excluding hydrogens is 596 g/mol. The highest BCUT2D eigenvalue weighted by atomic mass is 19.4. The zero-order valence-corrected chi connectivity index (χ0v) is 20.4. The Morgan fingerprint density at radius 2 is 0.810 bits per heavy atom. The quantitative estimate of drug-likeness (QED) is 0.223. The number of halogens is 12. The maximum atomic E-state index is 15.5. The van der Waals surface area contributed by atoms with Gasteiger partial charge in [0.1, 0.15) is 11.4 Å². The van der Waals surface area contributed by atoms with Crippen molar-refractivity contribution in [3.8, 4) is 0 Å². The van der Waals surface area contributed by atoms with Gasteiger partial charge in [-0.1, -0.05) is 54.6 Å². The zero-order chi connectivity index (χ0) is 30.9. The van der Waals surface area contributed by atoms with Gasteiger partial charge in [-0.3, -0.25) is 0 Å². The highest BCUT2D eigenvalue weighted by Crippen LogP contribution is 2.56. The molecule has 2 atom stereocenters. The maximum Gasteiger partial charge on any atom is 0.450 e. The third-order valence-corrected chi connectivity index (χ3v) is 6.57. The minimum Gasteiger partial charge on any atom is -0.215 e. The second-order valence-electron chi connectivity index (χ2n) is 9.16. The van der Waals surface area contributed by atoms with Crippen LogP contribution in [0.15, 0.2) is 95.1 Å². The molecule has 0 radical (unpaired) electrons. The summed E-state index contributed by atoms with van der Waals surface area (Å²) in [6, 6.07) is 12.8. The summed E-state index contributed by atoms with van der Waals surface area (Å²) in [4.78, 5) is 0. The van der Waals surface area contributed by atoms with Crippen LogP contribution in [0, 0.1) is 0 Å². The summed E-state index contributed by atoms with van der Waals surface area (Å²) in [6.45, 7) is 0. The molecule has 0 aliphatic carbocycles. The summed E-state index contributed by atoms with van der Waals surface area (Å²) < 4.78 is 175. The van der Waals surface area contributed by atoms with Crippen LogP contribution in [0.5, 0.6) is 0 Å². The lowest BCUT2D eigenvalue weighted by Gasteiger charge is -2.35. The molecule has 0 spiro atoms. The van der Waals surface area contributed by atoms with Crippen LogP contribution in [0.1, 0.15) is 11.1 Å². The van der Waals surface area contributed by atoms with E-state index in [4.69, 9.17) is 0 Å². The van der Waals surface area contributed by atoms with Gasteiger partial charge < -0.3 is 0 Å². The molecule has 2 aliphatic heterocycles. The van der Waals surface area contributed by atoms with Crippen LogP contribution in [0.25, 0.3) is 0 Å². The predicted octanol–water partition coefficient (Wildman–Crippen LogP) is 7.86. The number of anilines is 2. The smallest absolute Gasteiger partial charge is 0.215 e. The normalized spacial score (nSPS) is 25.4. The first-order chi connectivity index (χ1) is 19.4. The molecule has 222 valence electrons. The van der Waals surface area contributed by atoms with E-state index in [1.54, 1.807) is 0 Å². The zero-order valence-electron chi connectivity index (χ0n) is 20.4. The number of alkyl halides is 12. The molecule has 0 amide bonds. The van der Waals surface area contributed by atoms with Crippen molar-refractivity contribution in [2.24, 2.45) is 10.2 Å². The fraction of sp³-hybridized carbons (Fsp3) is 0.231. The van der Waals surface area contributed by atoms with Crippen LogP contribution in [-0.4, -0.2) is 47.2 Å². The average Bonchev–Trinajstić information content (AvgIpc) is 3.29. The molecule has 0 saturated heterocycles. The molecule has 4 nitrogen and oxygen atoms in total. The van der Waals surface area contributed by atoms with Crippen LogP contribution in [-0.2, 0) is 0 Å². The lowest BCUT2D eigenvalue weighted by Crippen LogP contribution is -2.63. The highest BCUT2D eigenvalue weighted by molar-refractivity contribution is 6.13. The van der Waals surface area contributed by atoms with Crippen molar-refractivity contribution in [2.75, 3.05) is 10.0 Å². The van der Waals surface area contributed by atoms with Gasteiger partial charge in [-0.25, -0.2) is 10.0 Å². The fourth-order valence-electron chi connectivity index (χ4n) is 4.54. The van der Waals surface area contributed by atoms with Gasteiger partial charge in [-0.2, -0.15) is 62.9 Å². The van der Waals surface area contributed by atoms with Gasteiger partial charge in [0.15, 0.2) is 0 Å². The van der Waals surface area contributed by atoms with Gasteiger partial charge in [0.25, 0.3) is 0 Å². The largest absolute Gasteiger partial charge is 0.450 e.